The van der Waals surface area contributed by atoms with Gasteiger partial charge in [0.15, 0.2) is 0 Å². The summed E-state index contributed by atoms with van der Waals surface area (Å²) in [5, 5.41) is 1.18. The first-order chi connectivity index (χ1) is 9.64. The molecule has 0 saturated carbocycles. The molecule has 0 fully saturated rings. The van der Waals surface area contributed by atoms with Crippen molar-refractivity contribution in [3.63, 3.8) is 0 Å². The first-order valence-electron chi connectivity index (χ1n) is 6.54. The van der Waals surface area contributed by atoms with Crippen molar-refractivity contribution in [1.29, 1.82) is 0 Å². The molecule has 0 unspecified atom stereocenters. The highest BCUT2D eigenvalue weighted by Gasteiger charge is 2.35. The Morgan fingerprint density at radius 3 is 2.05 bits per heavy atom. The summed E-state index contributed by atoms with van der Waals surface area (Å²) in [6.07, 6.45) is -4.32. The molecule has 0 atom stereocenters. The van der Waals surface area contributed by atoms with Gasteiger partial charge < -0.3 is 0 Å². The maximum atomic E-state index is 13.0. The summed E-state index contributed by atoms with van der Waals surface area (Å²) in [5.41, 5.74) is 1.69. The molecule has 0 saturated heterocycles. The van der Waals surface area contributed by atoms with E-state index in [0.29, 0.717) is 4.88 Å². The Morgan fingerprint density at radius 1 is 1.05 bits per heavy atom. The van der Waals surface area contributed by atoms with Gasteiger partial charge in [0.05, 0.1) is 5.56 Å². The predicted octanol–water partition coefficient (Wildman–Crippen LogP) is 6.16. The third-order valence-electron chi connectivity index (χ3n) is 3.37. The van der Waals surface area contributed by atoms with Gasteiger partial charge in [-0.2, -0.15) is 25.8 Å². The van der Waals surface area contributed by atoms with Crippen LogP contribution in [0.15, 0.2) is 29.6 Å². The summed E-state index contributed by atoms with van der Waals surface area (Å²) in [4.78, 5) is 0.651. The van der Waals surface area contributed by atoms with Gasteiger partial charge in [0.2, 0.25) is 0 Å². The number of alkyl halides is 3. The van der Waals surface area contributed by atoms with Crippen LogP contribution in [-0.2, 0) is 17.3 Å². The van der Waals surface area contributed by atoms with Gasteiger partial charge in [0.25, 0.3) is 0 Å². The van der Waals surface area contributed by atoms with Crippen molar-refractivity contribution in [3.8, 4) is 10.4 Å². The third-order valence-corrected chi connectivity index (χ3v) is 4.76. The molecular formula is C16H17F3S2. The monoisotopic (exact) mass is 330 g/mol. The maximum Gasteiger partial charge on any atom is 0.417 e. The predicted molar refractivity (Wildman–Crippen MR) is 86.1 cm³/mol. The highest BCUT2D eigenvalue weighted by atomic mass is 32.1. The van der Waals surface area contributed by atoms with Crippen LogP contribution in [-0.4, -0.2) is 0 Å². The number of thiophene rings is 1. The van der Waals surface area contributed by atoms with Crippen LogP contribution in [0.5, 0.6) is 0 Å². The zero-order valence-electron chi connectivity index (χ0n) is 12.1. The summed E-state index contributed by atoms with van der Waals surface area (Å²) in [7, 11) is 0. The second-order valence-electron chi connectivity index (χ2n) is 5.94. The number of halogens is 3. The summed E-state index contributed by atoms with van der Waals surface area (Å²) >= 11 is 5.20. The second-order valence-corrected chi connectivity index (χ2v) is 7.14. The van der Waals surface area contributed by atoms with E-state index in [0.717, 1.165) is 22.5 Å². The van der Waals surface area contributed by atoms with Gasteiger partial charge in [-0.15, -0.1) is 11.3 Å². The molecule has 21 heavy (non-hydrogen) atoms. The molecule has 2 aromatic rings. The van der Waals surface area contributed by atoms with E-state index in [-0.39, 0.29) is 16.7 Å². The molecule has 1 heterocycles. The fraction of sp³-hybridized carbons (Fsp3) is 0.375. The lowest BCUT2D eigenvalue weighted by Gasteiger charge is -2.19. The third kappa shape index (κ3) is 3.46. The van der Waals surface area contributed by atoms with E-state index in [4.69, 9.17) is 0 Å². The molecule has 0 bridgehead atoms. The average Bonchev–Trinajstić information content (AvgIpc) is 2.81. The zero-order valence-corrected chi connectivity index (χ0v) is 13.8. The Bertz CT molecular complexity index is 616. The molecule has 0 aliphatic heterocycles. The van der Waals surface area contributed by atoms with Crippen molar-refractivity contribution in [2.75, 3.05) is 0 Å². The minimum atomic E-state index is -4.32. The summed E-state index contributed by atoms with van der Waals surface area (Å²) in [5.74, 6) is 0.0781. The molecule has 0 nitrogen and oxygen atoms in total. The molecule has 2 rings (SSSR count). The van der Waals surface area contributed by atoms with Gasteiger partial charge in [-0.05, 0) is 22.1 Å². The number of benzene rings is 1. The molecule has 0 N–H and O–H groups in total. The van der Waals surface area contributed by atoms with E-state index in [2.05, 4.69) is 33.4 Å². The quantitative estimate of drug-likeness (QED) is 0.626. The van der Waals surface area contributed by atoms with Gasteiger partial charge >= 0.3 is 6.18 Å². The Hall–Kier alpha value is -0.940. The highest BCUT2D eigenvalue weighted by Crippen LogP contribution is 2.42. The van der Waals surface area contributed by atoms with E-state index in [1.807, 2.05) is 24.3 Å². The van der Waals surface area contributed by atoms with Crippen molar-refractivity contribution >= 4 is 24.0 Å². The van der Waals surface area contributed by atoms with Crippen LogP contribution < -0.4 is 0 Å². The molecule has 0 radical (unpaired) electrons. The first-order valence-corrected chi connectivity index (χ1v) is 8.05. The number of hydrogen-bond donors (Lipinski definition) is 1. The molecule has 0 amide bonds. The van der Waals surface area contributed by atoms with Gasteiger partial charge in [-0.3, -0.25) is 0 Å². The average molecular weight is 330 g/mol. The molecule has 114 valence electrons. The standard InChI is InChI=1S/C16H17F3S2/c1-15(2,3)11-6-4-10(5-7-11)14-12(8-20)13(9-21-14)16(17,18)19/h4-7,9,20H,8H2,1-3H3. The van der Waals surface area contributed by atoms with Crippen molar-refractivity contribution < 1.29 is 13.2 Å². The molecule has 1 aromatic heterocycles. The van der Waals surface area contributed by atoms with Crippen LogP contribution >= 0.6 is 24.0 Å². The summed E-state index contributed by atoms with van der Waals surface area (Å²) < 4.78 is 38.9. The Balaban J connectivity index is 2.46. The molecule has 1 aromatic carbocycles. The largest absolute Gasteiger partial charge is 0.417 e. The van der Waals surface area contributed by atoms with Gasteiger partial charge in [-0.1, -0.05) is 45.0 Å². The fourth-order valence-corrected chi connectivity index (χ4v) is 3.68. The normalized spacial score (nSPS) is 12.7. The number of hydrogen-bond acceptors (Lipinski definition) is 2. The molecular weight excluding hydrogens is 313 g/mol. The minimum Gasteiger partial charge on any atom is -0.174 e. The lowest BCUT2D eigenvalue weighted by molar-refractivity contribution is -0.137. The summed E-state index contributed by atoms with van der Waals surface area (Å²) in [6, 6.07) is 7.73. The minimum absolute atomic E-state index is 0.0253. The van der Waals surface area contributed by atoms with E-state index < -0.39 is 11.7 Å². The van der Waals surface area contributed by atoms with Crippen LogP contribution in [0.3, 0.4) is 0 Å². The first kappa shape index (κ1) is 16.4. The second kappa shape index (κ2) is 5.69. The smallest absolute Gasteiger partial charge is 0.174 e. The van der Waals surface area contributed by atoms with Crippen molar-refractivity contribution in [1.82, 2.24) is 0 Å². The Labute approximate surface area is 132 Å². The Kier molecular flexibility index (Phi) is 4.45. The van der Waals surface area contributed by atoms with E-state index in [1.165, 1.54) is 5.38 Å². The SMILES string of the molecule is CC(C)(C)c1ccc(-c2scc(C(F)(F)F)c2CS)cc1. The molecule has 0 aliphatic rings. The van der Waals surface area contributed by atoms with Crippen LogP contribution in [0.2, 0.25) is 0 Å². The fourth-order valence-electron chi connectivity index (χ4n) is 2.14. The zero-order chi connectivity index (χ0) is 15.8. The van der Waals surface area contributed by atoms with Crippen molar-refractivity contribution in [2.45, 2.75) is 38.1 Å². The molecule has 0 aliphatic carbocycles. The molecule has 0 spiro atoms. The van der Waals surface area contributed by atoms with Crippen LogP contribution in [0.4, 0.5) is 13.2 Å². The van der Waals surface area contributed by atoms with Crippen molar-refractivity contribution in [3.05, 3.63) is 46.3 Å². The topological polar surface area (TPSA) is 0 Å². The summed E-state index contributed by atoms with van der Waals surface area (Å²) in [6.45, 7) is 6.32. The highest BCUT2D eigenvalue weighted by molar-refractivity contribution is 7.79. The van der Waals surface area contributed by atoms with Gasteiger partial charge in [0, 0.05) is 16.0 Å². The van der Waals surface area contributed by atoms with Crippen molar-refractivity contribution in [2.24, 2.45) is 0 Å². The van der Waals surface area contributed by atoms with Crippen LogP contribution in [0.25, 0.3) is 10.4 Å². The Morgan fingerprint density at radius 2 is 1.62 bits per heavy atom. The van der Waals surface area contributed by atoms with Crippen LogP contribution in [0.1, 0.15) is 37.5 Å². The van der Waals surface area contributed by atoms with E-state index in [1.54, 1.807) is 0 Å². The maximum absolute atomic E-state index is 13.0. The van der Waals surface area contributed by atoms with Crippen LogP contribution in [0, 0.1) is 0 Å². The number of thiol groups is 1. The lowest BCUT2D eigenvalue weighted by Crippen LogP contribution is -2.10. The molecule has 5 heteroatoms. The van der Waals surface area contributed by atoms with E-state index in [9.17, 15) is 13.2 Å². The van der Waals surface area contributed by atoms with E-state index >= 15 is 0 Å². The van der Waals surface area contributed by atoms with Gasteiger partial charge in [-0.25, -0.2) is 0 Å². The number of rotatable bonds is 2. The lowest BCUT2D eigenvalue weighted by atomic mass is 9.86. The van der Waals surface area contributed by atoms with Gasteiger partial charge in [0.1, 0.15) is 0 Å².